The summed E-state index contributed by atoms with van der Waals surface area (Å²) in [6, 6.07) is 0. The van der Waals surface area contributed by atoms with E-state index in [9.17, 15) is 10.2 Å². The van der Waals surface area contributed by atoms with Crippen LogP contribution in [0.3, 0.4) is 0 Å². The third-order valence-electron chi connectivity index (χ3n) is 4.34. The van der Waals surface area contributed by atoms with Crippen LogP contribution in [0, 0.1) is 0 Å². The first kappa shape index (κ1) is 20.6. The quantitative estimate of drug-likeness (QED) is 0.336. The van der Waals surface area contributed by atoms with Crippen LogP contribution in [0.2, 0.25) is 0 Å². The molecule has 5 heteroatoms. The van der Waals surface area contributed by atoms with Crippen LogP contribution in [0.5, 0.6) is 0 Å². The van der Waals surface area contributed by atoms with E-state index in [0.29, 0.717) is 6.61 Å². The molecule has 0 aromatic heterocycles. The zero-order chi connectivity index (χ0) is 16.9. The molecule has 5 nitrogen and oxygen atoms in total. The van der Waals surface area contributed by atoms with E-state index in [1.807, 2.05) is 6.08 Å². The molecule has 1 heterocycles. The van der Waals surface area contributed by atoms with Crippen LogP contribution in [-0.4, -0.2) is 59.6 Å². The summed E-state index contributed by atoms with van der Waals surface area (Å²) in [5.74, 6) is 0. The first-order valence-electron chi connectivity index (χ1n) is 9.01. The van der Waals surface area contributed by atoms with Gasteiger partial charge in [0.1, 0.15) is 24.4 Å². The Hall–Kier alpha value is -0.460. The van der Waals surface area contributed by atoms with Crippen LogP contribution in [0.25, 0.3) is 0 Å². The lowest BCUT2D eigenvalue weighted by atomic mass is 10.1. The first-order chi connectivity index (χ1) is 11.2. The second kappa shape index (κ2) is 12.9. The van der Waals surface area contributed by atoms with Crippen LogP contribution in [0.1, 0.15) is 57.8 Å². The molecule has 0 bridgehead atoms. The van der Waals surface area contributed by atoms with Gasteiger partial charge in [0.05, 0.1) is 13.2 Å². The Morgan fingerprint density at radius 3 is 2.30 bits per heavy atom. The molecule has 23 heavy (non-hydrogen) atoms. The maximum absolute atomic E-state index is 9.82. The van der Waals surface area contributed by atoms with Crippen molar-refractivity contribution in [1.82, 2.24) is 0 Å². The second-order valence-electron chi connectivity index (χ2n) is 6.36. The highest BCUT2D eigenvalue weighted by Gasteiger charge is 2.40. The molecule has 0 amide bonds. The van der Waals surface area contributed by atoms with Crippen molar-refractivity contribution in [3.05, 3.63) is 12.7 Å². The summed E-state index contributed by atoms with van der Waals surface area (Å²) in [7, 11) is 0. The summed E-state index contributed by atoms with van der Waals surface area (Å²) in [5.41, 5.74) is 0. The average molecular weight is 330 g/mol. The van der Waals surface area contributed by atoms with E-state index >= 15 is 0 Å². The van der Waals surface area contributed by atoms with Gasteiger partial charge in [0.2, 0.25) is 0 Å². The van der Waals surface area contributed by atoms with E-state index in [1.165, 1.54) is 38.5 Å². The monoisotopic (exact) mass is 330 g/mol. The van der Waals surface area contributed by atoms with Crippen molar-refractivity contribution in [2.24, 2.45) is 0 Å². The Labute approximate surface area is 140 Å². The van der Waals surface area contributed by atoms with Gasteiger partial charge in [-0.05, 0) is 19.3 Å². The van der Waals surface area contributed by atoms with Gasteiger partial charge in [-0.25, -0.2) is 0 Å². The third kappa shape index (κ3) is 8.27. The van der Waals surface area contributed by atoms with Crippen LogP contribution in [0.15, 0.2) is 12.7 Å². The molecule has 1 saturated heterocycles. The van der Waals surface area contributed by atoms with Crippen LogP contribution in [-0.2, 0) is 9.47 Å². The van der Waals surface area contributed by atoms with E-state index in [0.717, 1.165) is 19.3 Å². The SMILES string of the molecule is C=CCCCCCCCCCCO[C@@H]1[C@H]([C@H](O)CO)OC[C@@H]1O. The number of rotatable bonds is 14. The van der Waals surface area contributed by atoms with Crippen molar-refractivity contribution >= 4 is 0 Å². The van der Waals surface area contributed by atoms with Gasteiger partial charge in [0.15, 0.2) is 0 Å². The van der Waals surface area contributed by atoms with Crippen molar-refractivity contribution < 1.29 is 24.8 Å². The molecule has 1 rings (SSSR count). The molecule has 136 valence electrons. The Balaban J connectivity index is 1.98. The Morgan fingerprint density at radius 2 is 1.70 bits per heavy atom. The topological polar surface area (TPSA) is 79.2 Å². The Bertz CT molecular complexity index is 297. The van der Waals surface area contributed by atoms with Gasteiger partial charge in [0, 0.05) is 6.61 Å². The standard InChI is InChI=1S/C18H34O5/c1-2-3-4-5-6-7-8-9-10-11-12-22-18-16(21)14-23-17(18)15(20)13-19/h2,15-21H,1,3-14H2/t15-,16+,17+,18+/m1/s1. The Kier molecular flexibility index (Phi) is 11.5. The predicted molar refractivity (Wildman–Crippen MR) is 90.3 cm³/mol. The van der Waals surface area contributed by atoms with Crippen LogP contribution in [0.4, 0.5) is 0 Å². The van der Waals surface area contributed by atoms with E-state index in [2.05, 4.69) is 6.58 Å². The number of hydrogen-bond donors (Lipinski definition) is 3. The molecule has 0 spiro atoms. The molecule has 1 fully saturated rings. The molecule has 4 atom stereocenters. The molecule has 0 aromatic carbocycles. The zero-order valence-corrected chi connectivity index (χ0v) is 14.2. The lowest BCUT2D eigenvalue weighted by Gasteiger charge is -2.23. The van der Waals surface area contributed by atoms with Crippen molar-refractivity contribution in [2.45, 2.75) is 82.2 Å². The minimum atomic E-state index is -1.00. The first-order valence-corrected chi connectivity index (χ1v) is 9.01. The molecule has 0 aliphatic carbocycles. The zero-order valence-electron chi connectivity index (χ0n) is 14.2. The summed E-state index contributed by atoms with van der Waals surface area (Å²) in [4.78, 5) is 0. The fourth-order valence-electron chi connectivity index (χ4n) is 2.93. The summed E-state index contributed by atoms with van der Waals surface area (Å²) in [5, 5.41) is 28.5. The van der Waals surface area contributed by atoms with Crippen molar-refractivity contribution in [3.8, 4) is 0 Å². The van der Waals surface area contributed by atoms with E-state index in [1.54, 1.807) is 0 Å². The number of unbranched alkanes of at least 4 members (excludes halogenated alkanes) is 8. The van der Waals surface area contributed by atoms with Gasteiger partial charge in [-0.1, -0.05) is 44.6 Å². The fourth-order valence-corrected chi connectivity index (χ4v) is 2.93. The number of hydrogen-bond acceptors (Lipinski definition) is 5. The molecule has 0 radical (unpaired) electrons. The number of allylic oxidation sites excluding steroid dienone is 1. The second-order valence-corrected chi connectivity index (χ2v) is 6.36. The summed E-state index contributed by atoms with van der Waals surface area (Å²) < 4.78 is 11.0. The Morgan fingerprint density at radius 1 is 1.09 bits per heavy atom. The molecule has 1 aliphatic rings. The van der Waals surface area contributed by atoms with Crippen molar-refractivity contribution in [2.75, 3.05) is 19.8 Å². The van der Waals surface area contributed by atoms with Gasteiger partial charge in [-0.15, -0.1) is 6.58 Å². The summed E-state index contributed by atoms with van der Waals surface area (Å²) in [6.07, 6.45) is 9.87. The van der Waals surface area contributed by atoms with Gasteiger partial charge in [-0.3, -0.25) is 0 Å². The highest BCUT2D eigenvalue weighted by atomic mass is 16.6. The molecule has 0 saturated carbocycles. The van der Waals surface area contributed by atoms with Crippen LogP contribution < -0.4 is 0 Å². The van der Waals surface area contributed by atoms with Crippen molar-refractivity contribution in [1.29, 1.82) is 0 Å². The largest absolute Gasteiger partial charge is 0.394 e. The number of aliphatic hydroxyl groups excluding tert-OH is 3. The van der Waals surface area contributed by atoms with E-state index in [-0.39, 0.29) is 13.2 Å². The minimum Gasteiger partial charge on any atom is -0.394 e. The van der Waals surface area contributed by atoms with E-state index in [4.69, 9.17) is 14.6 Å². The lowest BCUT2D eigenvalue weighted by Crippen LogP contribution is -2.42. The van der Waals surface area contributed by atoms with Gasteiger partial charge in [-0.2, -0.15) is 0 Å². The van der Waals surface area contributed by atoms with E-state index < -0.39 is 24.4 Å². The van der Waals surface area contributed by atoms with Gasteiger partial charge in [0.25, 0.3) is 0 Å². The van der Waals surface area contributed by atoms with Gasteiger partial charge >= 0.3 is 0 Å². The normalized spacial score (nSPS) is 25.6. The molecule has 3 N–H and O–H groups in total. The smallest absolute Gasteiger partial charge is 0.114 e. The molecule has 0 aromatic rings. The van der Waals surface area contributed by atoms with Gasteiger partial charge < -0.3 is 24.8 Å². The molecule has 1 aliphatic heterocycles. The lowest BCUT2D eigenvalue weighted by molar-refractivity contribution is -0.0938. The van der Waals surface area contributed by atoms with Crippen LogP contribution >= 0.6 is 0 Å². The third-order valence-corrected chi connectivity index (χ3v) is 4.34. The fraction of sp³-hybridized carbons (Fsp3) is 0.889. The molecular weight excluding hydrogens is 296 g/mol. The maximum atomic E-state index is 9.82. The van der Waals surface area contributed by atoms with Crippen molar-refractivity contribution in [3.63, 3.8) is 0 Å². The highest BCUT2D eigenvalue weighted by Crippen LogP contribution is 2.21. The molecular formula is C18H34O5. The number of ether oxygens (including phenoxy) is 2. The minimum absolute atomic E-state index is 0.151. The molecule has 0 unspecified atom stereocenters. The maximum Gasteiger partial charge on any atom is 0.114 e. The predicted octanol–water partition coefficient (Wildman–Crippen LogP) is 2.18. The highest BCUT2D eigenvalue weighted by molar-refractivity contribution is 4.89. The number of aliphatic hydroxyl groups is 3. The summed E-state index contributed by atoms with van der Waals surface area (Å²) >= 11 is 0. The average Bonchev–Trinajstić information content (AvgIpc) is 2.93. The summed E-state index contributed by atoms with van der Waals surface area (Å²) in [6.45, 7) is 4.05.